The van der Waals surface area contributed by atoms with Gasteiger partial charge in [0.25, 0.3) is 0 Å². The number of nitrogens with one attached hydrogen (secondary N) is 1. The van der Waals surface area contributed by atoms with Crippen LogP contribution in [0.3, 0.4) is 0 Å². The lowest BCUT2D eigenvalue weighted by Gasteiger charge is -2.29. The van der Waals surface area contributed by atoms with Gasteiger partial charge in [-0.2, -0.15) is 0 Å². The van der Waals surface area contributed by atoms with Crippen LogP contribution in [0.15, 0.2) is 0 Å². The van der Waals surface area contributed by atoms with Gasteiger partial charge in [-0.15, -0.1) is 0 Å². The van der Waals surface area contributed by atoms with Crippen molar-refractivity contribution in [1.29, 1.82) is 0 Å². The minimum Gasteiger partial charge on any atom is -0.382 e. The number of hydrogen-bond donors (Lipinski definition) is 2. The van der Waals surface area contributed by atoms with Crippen molar-refractivity contribution in [2.45, 2.75) is 32.2 Å². The molecule has 1 aliphatic heterocycles. The van der Waals surface area contributed by atoms with Gasteiger partial charge < -0.3 is 15.8 Å². The van der Waals surface area contributed by atoms with Crippen LogP contribution >= 0.6 is 0 Å². The second-order valence-electron chi connectivity index (χ2n) is 4.51. The number of likely N-dealkylation sites (tertiary alicyclic amines) is 1. The Hall–Kier alpha value is -0.650. The number of piperidine rings is 1. The molecule has 3 N–H and O–H groups in total. The molecule has 100 valence electrons. The Bertz CT molecular complexity index is 216. The normalized spacial score (nSPS) is 18.2. The number of nitrogens with zero attached hydrogens (tertiary/aromatic N) is 1. The van der Waals surface area contributed by atoms with Crippen LogP contribution in [0.1, 0.15) is 26.2 Å². The van der Waals surface area contributed by atoms with Crippen molar-refractivity contribution in [2.75, 3.05) is 39.4 Å². The molecule has 0 atom stereocenters. The molecule has 0 aromatic heterocycles. The van der Waals surface area contributed by atoms with Crippen LogP contribution in [0.2, 0.25) is 0 Å². The third-order valence-electron chi connectivity index (χ3n) is 2.99. The highest BCUT2D eigenvalue weighted by molar-refractivity contribution is 5.77. The molecule has 0 saturated carbocycles. The Morgan fingerprint density at radius 3 is 2.82 bits per heavy atom. The van der Waals surface area contributed by atoms with Gasteiger partial charge in [0, 0.05) is 38.9 Å². The smallest absolute Gasteiger partial charge is 0.234 e. The van der Waals surface area contributed by atoms with Gasteiger partial charge in [-0.1, -0.05) is 0 Å². The van der Waals surface area contributed by atoms with Crippen molar-refractivity contribution in [1.82, 2.24) is 10.2 Å². The zero-order valence-corrected chi connectivity index (χ0v) is 10.8. The first-order chi connectivity index (χ1) is 8.22. The Morgan fingerprint density at radius 2 is 2.18 bits per heavy atom. The molecule has 0 unspecified atom stereocenters. The number of rotatable bonds is 7. The first kappa shape index (κ1) is 14.4. The average molecular weight is 243 g/mol. The van der Waals surface area contributed by atoms with Crippen LogP contribution in [0, 0.1) is 0 Å². The average Bonchev–Trinajstić information content (AvgIpc) is 2.32. The molecule has 0 radical (unpaired) electrons. The van der Waals surface area contributed by atoms with Crippen LogP contribution in [-0.4, -0.2) is 56.2 Å². The van der Waals surface area contributed by atoms with E-state index >= 15 is 0 Å². The van der Waals surface area contributed by atoms with E-state index in [2.05, 4.69) is 10.2 Å². The number of hydrogen-bond acceptors (Lipinski definition) is 4. The summed E-state index contributed by atoms with van der Waals surface area (Å²) in [6, 6.07) is 0.320. The molecule has 1 heterocycles. The summed E-state index contributed by atoms with van der Waals surface area (Å²) in [5.41, 5.74) is 5.81. The van der Waals surface area contributed by atoms with Crippen LogP contribution in [0.4, 0.5) is 0 Å². The van der Waals surface area contributed by atoms with E-state index in [-0.39, 0.29) is 5.91 Å². The number of carbonyl (C=O) groups excluding carboxylic acids is 1. The fraction of sp³-hybridized carbons (Fsp3) is 0.917. The number of ether oxygens (including phenoxy) is 1. The standard InChI is InChI=1S/C12H25N3O2/c1-2-17-9-3-6-14-12(16)10-15-7-4-11(13)5-8-15/h11H,2-10,13H2,1H3,(H,14,16). The molecule has 0 aromatic rings. The molecular formula is C12H25N3O2. The van der Waals surface area contributed by atoms with Crippen LogP contribution < -0.4 is 11.1 Å². The predicted octanol–water partition coefficient (Wildman–Crippen LogP) is -0.0477. The van der Waals surface area contributed by atoms with Gasteiger partial charge in [-0.25, -0.2) is 0 Å². The quantitative estimate of drug-likeness (QED) is 0.615. The van der Waals surface area contributed by atoms with E-state index in [1.807, 2.05) is 6.92 Å². The zero-order chi connectivity index (χ0) is 12.5. The van der Waals surface area contributed by atoms with Gasteiger partial charge in [-0.3, -0.25) is 9.69 Å². The summed E-state index contributed by atoms with van der Waals surface area (Å²) in [4.78, 5) is 13.8. The molecule has 17 heavy (non-hydrogen) atoms. The maximum Gasteiger partial charge on any atom is 0.234 e. The lowest BCUT2D eigenvalue weighted by molar-refractivity contribution is -0.122. The Balaban J connectivity index is 2.00. The van der Waals surface area contributed by atoms with Crippen molar-refractivity contribution >= 4 is 5.91 Å². The summed E-state index contributed by atoms with van der Waals surface area (Å²) >= 11 is 0. The third-order valence-corrected chi connectivity index (χ3v) is 2.99. The number of nitrogens with two attached hydrogens (primary N) is 1. The van der Waals surface area contributed by atoms with Gasteiger partial charge in [0.1, 0.15) is 0 Å². The monoisotopic (exact) mass is 243 g/mol. The topological polar surface area (TPSA) is 67.6 Å². The van der Waals surface area contributed by atoms with E-state index in [9.17, 15) is 4.79 Å². The molecule has 0 bridgehead atoms. The molecular weight excluding hydrogens is 218 g/mol. The first-order valence-electron chi connectivity index (χ1n) is 6.54. The SMILES string of the molecule is CCOCCCNC(=O)CN1CCC(N)CC1. The van der Waals surface area contributed by atoms with E-state index in [0.29, 0.717) is 19.1 Å². The first-order valence-corrected chi connectivity index (χ1v) is 6.54. The Morgan fingerprint density at radius 1 is 1.47 bits per heavy atom. The highest BCUT2D eigenvalue weighted by atomic mass is 16.5. The summed E-state index contributed by atoms with van der Waals surface area (Å²) in [5.74, 6) is 0.108. The van der Waals surface area contributed by atoms with Gasteiger partial charge >= 0.3 is 0 Å². The van der Waals surface area contributed by atoms with Crippen LogP contribution in [0.25, 0.3) is 0 Å². The Kier molecular flexibility index (Phi) is 7.16. The van der Waals surface area contributed by atoms with E-state index in [0.717, 1.165) is 45.6 Å². The summed E-state index contributed by atoms with van der Waals surface area (Å²) in [6.07, 6.45) is 2.87. The van der Waals surface area contributed by atoms with Crippen LogP contribution in [-0.2, 0) is 9.53 Å². The Labute approximate surface area is 104 Å². The molecule has 0 spiro atoms. The number of carbonyl (C=O) groups is 1. The fourth-order valence-corrected chi connectivity index (χ4v) is 1.92. The summed E-state index contributed by atoms with van der Waals surface area (Å²) in [6.45, 7) is 6.51. The van der Waals surface area contributed by atoms with Gasteiger partial charge in [0.15, 0.2) is 0 Å². The van der Waals surface area contributed by atoms with Gasteiger partial charge in [0.2, 0.25) is 5.91 Å². The molecule has 1 fully saturated rings. The highest BCUT2D eigenvalue weighted by Gasteiger charge is 2.17. The molecule has 1 saturated heterocycles. The summed E-state index contributed by atoms with van der Waals surface area (Å²) in [5, 5.41) is 2.91. The third kappa shape index (κ3) is 6.61. The molecule has 1 amide bonds. The molecule has 0 aromatic carbocycles. The van der Waals surface area contributed by atoms with Crippen molar-refractivity contribution in [3.8, 4) is 0 Å². The zero-order valence-electron chi connectivity index (χ0n) is 10.8. The maximum absolute atomic E-state index is 11.6. The lowest BCUT2D eigenvalue weighted by Crippen LogP contribution is -2.44. The summed E-state index contributed by atoms with van der Waals surface area (Å²) in [7, 11) is 0. The van der Waals surface area contributed by atoms with Crippen molar-refractivity contribution < 1.29 is 9.53 Å². The van der Waals surface area contributed by atoms with Crippen molar-refractivity contribution in [3.05, 3.63) is 0 Å². The van der Waals surface area contributed by atoms with Crippen LogP contribution in [0.5, 0.6) is 0 Å². The van der Waals surface area contributed by atoms with Gasteiger partial charge in [-0.05, 0) is 26.2 Å². The molecule has 1 aliphatic rings. The molecule has 5 nitrogen and oxygen atoms in total. The highest BCUT2D eigenvalue weighted by Crippen LogP contribution is 2.07. The molecule has 0 aliphatic carbocycles. The van der Waals surface area contributed by atoms with Crippen molar-refractivity contribution in [2.24, 2.45) is 5.73 Å². The minimum absolute atomic E-state index is 0.108. The number of amides is 1. The predicted molar refractivity (Wildman–Crippen MR) is 67.8 cm³/mol. The lowest BCUT2D eigenvalue weighted by atomic mass is 10.1. The largest absolute Gasteiger partial charge is 0.382 e. The molecule has 1 rings (SSSR count). The summed E-state index contributed by atoms with van der Waals surface area (Å²) < 4.78 is 5.20. The second-order valence-corrected chi connectivity index (χ2v) is 4.51. The van der Waals surface area contributed by atoms with E-state index in [1.165, 1.54) is 0 Å². The van der Waals surface area contributed by atoms with Crippen molar-refractivity contribution in [3.63, 3.8) is 0 Å². The van der Waals surface area contributed by atoms with E-state index in [4.69, 9.17) is 10.5 Å². The van der Waals surface area contributed by atoms with E-state index < -0.39 is 0 Å². The molecule has 5 heteroatoms. The second kappa shape index (κ2) is 8.44. The minimum atomic E-state index is 0.108. The van der Waals surface area contributed by atoms with E-state index in [1.54, 1.807) is 0 Å². The maximum atomic E-state index is 11.6. The van der Waals surface area contributed by atoms with Gasteiger partial charge in [0.05, 0.1) is 6.54 Å². The fourth-order valence-electron chi connectivity index (χ4n) is 1.92.